The molecule has 4 heteroatoms. The lowest BCUT2D eigenvalue weighted by molar-refractivity contribution is -0.121. The smallest absolute Gasteiger partial charge is 0.135 e. The number of Topliss-reactive ketones (excluding diaryl/α,β-unsaturated/α-hetero) is 1. The Bertz CT molecular complexity index is 451. The van der Waals surface area contributed by atoms with Gasteiger partial charge in [0, 0.05) is 32.5 Å². The van der Waals surface area contributed by atoms with Gasteiger partial charge in [0.15, 0.2) is 0 Å². The van der Waals surface area contributed by atoms with Crippen LogP contribution in [0.5, 0.6) is 0 Å². The number of piperidine rings is 1. The van der Waals surface area contributed by atoms with Crippen molar-refractivity contribution in [1.82, 2.24) is 4.90 Å². The number of nitrogens with zero attached hydrogens (tertiary/aromatic N) is 1. The van der Waals surface area contributed by atoms with Crippen LogP contribution in [0.15, 0.2) is 18.2 Å². The minimum absolute atomic E-state index is 0.245. The van der Waals surface area contributed by atoms with Crippen molar-refractivity contribution in [2.45, 2.75) is 32.3 Å². The lowest BCUT2D eigenvalue weighted by Gasteiger charge is -2.26. The number of aliphatic hydroxyl groups excluding tert-OH is 1. The summed E-state index contributed by atoms with van der Waals surface area (Å²) >= 11 is 0. The van der Waals surface area contributed by atoms with E-state index in [0.717, 1.165) is 25.2 Å². The summed E-state index contributed by atoms with van der Waals surface area (Å²) in [6, 6.07) is 4.72. The standard InChI is InChI=1S/C15H20FNO2/c1-11-10-12(2-3-14(11)16)15(19)6-9-17-7-4-13(18)5-8-17/h2-3,10,15,19H,4-9H2,1H3. The van der Waals surface area contributed by atoms with E-state index in [-0.39, 0.29) is 5.82 Å². The monoisotopic (exact) mass is 265 g/mol. The molecule has 19 heavy (non-hydrogen) atoms. The van der Waals surface area contributed by atoms with Gasteiger partial charge in [0.2, 0.25) is 0 Å². The summed E-state index contributed by atoms with van der Waals surface area (Å²) in [5.41, 5.74) is 1.31. The van der Waals surface area contributed by atoms with Gasteiger partial charge in [0.1, 0.15) is 11.6 Å². The molecule has 0 aliphatic carbocycles. The fourth-order valence-corrected chi connectivity index (χ4v) is 2.37. The van der Waals surface area contributed by atoms with Gasteiger partial charge in [-0.1, -0.05) is 12.1 Å². The van der Waals surface area contributed by atoms with Crippen molar-refractivity contribution in [2.75, 3.05) is 19.6 Å². The molecule has 0 radical (unpaired) electrons. The SMILES string of the molecule is Cc1cc(C(O)CCN2CCC(=O)CC2)ccc1F. The summed E-state index contributed by atoms with van der Waals surface area (Å²) in [7, 11) is 0. The molecule has 1 saturated heterocycles. The third kappa shape index (κ3) is 3.85. The van der Waals surface area contributed by atoms with Gasteiger partial charge in [0.05, 0.1) is 6.10 Å². The van der Waals surface area contributed by atoms with Gasteiger partial charge in [-0.05, 0) is 30.5 Å². The molecule has 0 saturated carbocycles. The number of aryl methyl sites for hydroxylation is 1. The zero-order valence-electron chi connectivity index (χ0n) is 11.2. The molecule has 0 bridgehead atoms. The third-order valence-electron chi connectivity index (χ3n) is 3.70. The van der Waals surface area contributed by atoms with Gasteiger partial charge in [-0.3, -0.25) is 4.79 Å². The van der Waals surface area contributed by atoms with Gasteiger partial charge >= 0.3 is 0 Å². The zero-order valence-corrected chi connectivity index (χ0v) is 11.2. The number of rotatable bonds is 4. The Labute approximate surface area is 113 Å². The summed E-state index contributed by atoms with van der Waals surface area (Å²) in [6.45, 7) is 4.04. The van der Waals surface area contributed by atoms with Crippen molar-refractivity contribution in [3.63, 3.8) is 0 Å². The number of carbonyl (C=O) groups is 1. The van der Waals surface area contributed by atoms with Crippen LogP contribution in [0.1, 0.15) is 36.5 Å². The fraction of sp³-hybridized carbons (Fsp3) is 0.533. The number of benzene rings is 1. The van der Waals surface area contributed by atoms with Crippen LogP contribution in [0.2, 0.25) is 0 Å². The number of ketones is 1. The maximum absolute atomic E-state index is 13.2. The second kappa shape index (κ2) is 6.26. The molecule has 0 amide bonds. The quantitative estimate of drug-likeness (QED) is 0.907. The Morgan fingerprint density at radius 3 is 2.68 bits per heavy atom. The third-order valence-corrected chi connectivity index (χ3v) is 3.70. The average molecular weight is 265 g/mol. The van der Waals surface area contributed by atoms with E-state index in [1.165, 1.54) is 6.07 Å². The molecule has 1 fully saturated rings. The predicted octanol–water partition coefficient (Wildman–Crippen LogP) is 2.22. The molecule has 0 aromatic heterocycles. The van der Waals surface area contributed by atoms with E-state index in [2.05, 4.69) is 4.90 Å². The molecular formula is C15H20FNO2. The molecule has 1 atom stereocenters. The molecule has 2 rings (SSSR count). The topological polar surface area (TPSA) is 40.5 Å². The van der Waals surface area contributed by atoms with Crippen molar-refractivity contribution in [3.05, 3.63) is 35.1 Å². The first-order valence-corrected chi connectivity index (χ1v) is 6.74. The maximum atomic E-state index is 13.2. The molecule has 1 N–H and O–H groups in total. The lowest BCUT2D eigenvalue weighted by Crippen LogP contribution is -2.35. The van der Waals surface area contributed by atoms with E-state index in [1.807, 2.05) is 0 Å². The summed E-state index contributed by atoms with van der Waals surface area (Å²) in [6.07, 6.45) is 1.27. The highest BCUT2D eigenvalue weighted by molar-refractivity contribution is 5.79. The first-order chi connectivity index (χ1) is 9.06. The molecular weight excluding hydrogens is 245 g/mol. The minimum atomic E-state index is -0.572. The van der Waals surface area contributed by atoms with Crippen LogP contribution < -0.4 is 0 Å². The average Bonchev–Trinajstić information content (AvgIpc) is 2.41. The van der Waals surface area contributed by atoms with Crippen LogP contribution >= 0.6 is 0 Å². The van der Waals surface area contributed by atoms with Crippen molar-refractivity contribution in [1.29, 1.82) is 0 Å². The molecule has 3 nitrogen and oxygen atoms in total. The largest absolute Gasteiger partial charge is 0.388 e. The highest BCUT2D eigenvalue weighted by Gasteiger charge is 2.17. The van der Waals surface area contributed by atoms with Crippen LogP contribution in [0.25, 0.3) is 0 Å². The van der Waals surface area contributed by atoms with E-state index in [4.69, 9.17) is 0 Å². The van der Waals surface area contributed by atoms with Crippen LogP contribution in [0, 0.1) is 12.7 Å². The first-order valence-electron chi connectivity index (χ1n) is 6.74. The number of halogens is 1. The van der Waals surface area contributed by atoms with E-state index in [0.29, 0.717) is 30.6 Å². The molecule has 1 unspecified atom stereocenters. The maximum Gasteiger partial charge on any atom is 0.135 e. The molecule has 1 aromatic rings. The second-order valence-electron chi connectivity index (χ2n) is 5.19. The molecule has 1 aromatic carbocycles. The number of carbonyl (C=O) groups excluding carboxylic acids is 1. The molecule has 104 valence electrons. The van der Waals surface area contributed by atoms with E-state index >= 15 is 0 Å². The molecule has 1 heterocycles. The van der Waals surface area contributed by atoms with Crippen LogP contribution in [0.4, 0.5) is 4.39 Å². The summed E-state index contributed by atoms with van der Waals surface area (Å²) < 4.78 is 13.2. The Morgan fingerprint density at radius 1 is 1.37 bits per heavy atom. The Hall–Kier alpha value is -1.26. The summed E-state index contributed by atoms with van der Waals surface area (Å²) in [4.78, 5) is 13.3. The fourth-order valence-electron chi connectivity index (χ4n) is 2.37. The Balaban J connectivity index is 1.85. The van der Waals surface area contributed by atoms with Crippen molar-refractivity contribution < 1.29 is 14.3 Å². The molecule has 0 spiro atoms. The minimum Gasteiger partial charge on any atom is -0.388 e. The number of aliphatic hydroxyl groups is 1. The predicted molar refractivity (Wildman–Crippen MR) is 71.4 cm³/mol. The number of likely N-dealkylation sites (tertiary alicyclic amines) is 1. The van der Waals surface area contributed by atoms with Gasteiger partial charge in [-0.2, -0.15) is 0 Å². The van der Waals surface area contributed by atoms with Crippen LogP contribution in [0.3, 0.4) is 0 Å². The van der Waals surface area contributed by atoms with Gasteiger partial charge < -0.3 is 10.0 Å². The van der Waals surface area contributed by atoms with Crippen LogP contribution in [-0.2, 0) is 4.79 Å². The van der Waals surface area contributed by atoms with Gasteiger partial charge in [0.25, 0.3) is 0 Å². The van der Waals surface area contributed by atoms with E-state index in [9.17, 15) is 14.3 Å². The Morgan fingerprint density at radius 2 is 2.05 bits per heavy atom. The number of hydrogen-bond donors (Lipinski definition) is 1. The lowest BCUT2D eigenvalue weighted by atomic mass is 10.0. The first kappa shape index (κ1) is 14.2. The Kier molecular flexibility index (Phi) is 4.66. The van der Waals surface area contributed by atoms with Gasteiger partial charge in [-0.25, -0.2) is 4.39 Å². The summed E-state index contributed by atoms with van der Waals surface area (Å²) in [5, 5.41) is 10.1. The normalized spacial score (nSPS) is 18.6. The number of hydrogen-bond acceptors (Lipinski definition) is 3. The van der Waals surface area contributed by atoms with Crippen molar-refractivity contribution in [3.8, 4) is 0 Å². The highest BCUT2D eigenvalue weighted by Crippen LogP contribution is 2.20. The van der Waals surface area contributed by atoms with Crippen molar-refractivity contribution in [2.24, 2.45) is 0 Å². The molecule has 1 aliphatic heterocycles. The van der Waals surface area contributed by atoms with Gasteiger partial charge in [-0.15, -0.1) is 0 Å². The molecule has 1 aliphatic rings. The van der Waals surface area contributed by atoms with E-state index < -0.39 is 6.10 Å². The highest BCUT2D eigenvalue weighted by atomic mass is 19.1. The van der Waals surface area contributed by atoms with E-state index in [1.54, 1.807) is 19.1 Å². The zero-order chi connectivity index (χ0) is 13.8. The summed E-state index contributed by atoms with van der Waals surface area (Å²) in [5.74, 6) is 0.0800. The van der Waals surface area contributed by atoms with Crippen LogP contribution in [-0.4, -0.2) is 35.4 Å². The van der Waals surface area contributed by atoms with Crippen molar-refractivity contribution >= 4 is 5.78 Å². The second-order valence-corrected chi connectivity index (χ2v) is 5.19.